The topological polar surface area (TPSA) is 66.4 Å². The molecule has 1 amide bonds. The number of allylic oxidation sites excluding steroid dienone is 1. The van der Waals surface area contributed by atoms with Crippen LogP contribution < -0.4 is 5.32 Å². The van der Waals surface area contributed by atoms with Crippen molar-refractivity contribution in [2.45, 2.75) is 18.9 Å². The second-order valence-corrected chi connectivity index (χ2v) is 4.28. The molecule has 0 radical (unpaired) electrons. The summed E-state index contributed by atoms with van der Waals surface area (Å²) in [5, 5.41) is 11.6. The van der Waals surface area contributed by atoms with E-state index >= 15 is 0 Å². The lowest BCUT2D eigenvalue weighted by Gasteiger charge is -2.23. The Labute approximate surface area is 86.8 Å². The van der Waals surface area contributed by atoms with Gasteiger partial charge in [-0.25, -0.2) is 4.79 Å². The van der Waals surface area contributed by atoms with E-state index in [0.29, 0.717) is 12.2 Å². The second kappa shape index (κ2) is 4.50. The molecule has 0 aromatic rings. The van der Waals surface area contributed by atoms with E-state index in [1.807, 2.05) is 0 Å². The van der Waals surface area contributed by atoms with Crippen molar-refractivity contribution in [1.82, 2.24) is 5.32 Å². The first-order valence-corrected chi connectivity index (χ1v) is 5.52. The Morgan fingerprint density at radius 1 is 1.57 bits per heavy atom. The molecule has 2 N–H and O–H groups in total. The first-order chi connectivity index (χ1) is 6.60. The van der Waals surface area contributed by atoms with Gasteiger partial charge in [-0.1, -0.05) is 6.08 Å². The second-order valence-electron chi connectivity index (χ2n) is 3.18. The van der Waals surface area contributed by atoms with E-state index in [1.54, 1.807) is 24.8 Å². The predicted molar refractivity (Wildman–Crippen MR) is 55.3 cm³/mol. The minimum absolute atomic E-state index is 0.336. The van der Waals surface area contributed by atoms with Crippen LogP contribution >= 0.6 is 11.8 Å². The summed E-state index contributed by atoms with van der Waals surface area (Å²) in [6.07, 6.45) is 3.43. The van der Waals surface area contributed by atoms with Crippen LogP contribution in [0.1, 0.15) is 13.3 Å². The summed E-state index contributed by atoms with van der Waals surface area (Å²) < 4.78 is 0. The first kappa shape index (κ1) is 11.1. The molecule has 0 aromatic heterocycles. The largest absolute Gasteiger partial charge is 0.479 e. The van der Waals surface area contributed by atoms with Crippen molar-refractivity contribution < 1.29 is 14.7 Å². The zero-order valence-corrected chi connectivity index (χ0v) is 8.76. The van der Waals surface area contributed by atoms with Gasteiger partial charge >= 0.3 is 5.97 Å². The molecule has 0 bridgehead atoms. The Hall–Kier alpha value is -0.970. The molecule has 14 heavy (non-hydrogen) atoms. The van der Waals surface area contributed by atoms with Gasteiger partial charge in [0.1, 0.15) is 5.54 Å². The van der Waals surface area contributed by atoms with Gasteiger partial charge in [0.2, 0.25) is 5.91 Å². The molecule has 78 valence electrons. The first-order valence-electron chi connectivity index (χ1n) is 4.37. The molecular formula is C9H13NO3S. The number of hydrogen-bond acceptors (Lipinski definition) is 3. The van der Waals surface area contributed by atoms with Gasteiger partial charge in [0, 0.05) is 5.75 Å². The van der Waals surface area contributed by atoms with Crippen LogP contribution in [0.3, 0.4) is 0 Å². The third-order valence-corrected chi connectivity index (χ3v) is 3.30. The summed E-state index contributed by atoms with van der Waals surface area (Å²) in [6, 6.07) is 0. The van der Waals surface area contributed by atoms with E-state index in [9.17, 15) is 9.59 Å². The summed E-state index contributed by atoms with van der Waals surface area (Å²) in [5.74, 6) is -0.0497. The van der Waals surface area contributed by atoms with Crippen molar-refractivity contribution in [2.24, 2.45) is 0 Å². The van der Waals surface area contributed by atoms with Crippen molar-refractivity contribution in [3.63, 3.8) is 0 Å². The Kier molecular flexibility index (Phi) is 3.57. The van der Waals surface area contributed by atoms with Crippen LogP contribution in [0, 0.1) is 0 Å². The Morgan fingerprint density at radius 3 is 2.71 bits per heavy atom. The molecule has 1 rings (SSSR count). The quantitative estimate of drug-likeness (QED) is 0.678. The van der Waals surface area contributed by atoms with Crippen LogP contribution in [0.25, 0.3) is 0 Å². The number of carbonyl (C=O) groups is 2. The maximum absolute atomic E-state index is 11.2. The Balaban J connectivity index is 2.70. The fraction of sp³-hybridized carbons (Fsp3) is 0.556. The van der Waals surface area contributed by atoms with Gasteiger partial charge in [-0.2, -0.15) is 11.8 Å². The molecule has 1 aliphatic heterocycles. The molecule has 1 fully saturated rings. The van der Waals surface area contributed by atoms with Crippen molar-refractivity contribution in [1.29, 1.82) is 0 Å². The lowest BCUT2D eigenvalue weighted by molar-refractivity contribution is -0.145. The number of amides is 1. The number of carboxylic acids is 1. The van der Waals surface area contributed by atoms with Gasteiger partial charge in [0.15, 0.2) is 0 Å². The molecule has 0 saturated carbocycles. The van der Waals surface area contributed by atoms with Crippen LogP contribution in [0.15, 0.2) is 12.2 Å². The zero-order chi connectivity index (χ0) is 10.6. The molecule has 1 heterocycles. The summed E-state index contributed by atoms with van der Waals surface area (Å²) in [7, 11) is 0. The maximum atomic E-state index is 11.2. The standard InChI is InChI=1S/C9H13NO3S/c1-2-3-7(11)10-9(8(12)13)4-5-14-6-9/h2-3H,4-6H2,1H3,(H,10,11)(H,12,13)/b3-2+. The van der Waals surface area contributed by atoms with Gasteiger partial charge in [-0.05, 0) is 25.2 Å². The molecule has 1 aliphatic rings. The average Bonchev–Trinajstić information content (AvgIpc) is 2.54. The highest BCUT2D eigenvalue weighted by atomic mass is 32.2. The van der Waals surface area contributed by atoms with E-state index in [1.165, 1.54) is 6.08 Å². The van der Waals surface area contributed by atoms with Gasteiger partial charge < -0.3 is 10.4 Å². The Bertz CT molecular complexity index is 269. The fourth-order valence-corrected chi connectivity index (χ4v) is 2.64. The molecule has 5 heteroatoms. The number of thioether (sulfide) groups is 1. The lowest BCUT2D eigenvalue weighted by atomic mass is 9.99. The third-order valence-electron chi connectivity index (χ3n) is 2.11. The predicted octanol–water partition coefficient (Wildman–Crippen LogP) is 0.639. The zero-order valence-electron chi connectivity index (χ0n) is 7.95. The average molecular weight is 215 g/mol. The summed E-state index contributed by atoms with van der Waals surface area (Å²) in [6.45, 7) is 1.72. The summed E-state index contributed by atoms with van der Waals surface area (Å²) in [5.41, 5.74) is -1.05. The number of carboxylic acid groups (broad SMARTS) is 1. The number of nitrogens with one attached hydrogen (secondary N) is 1. The van der Waals surface area contributed by atoms with E-state index in [2.05, 4.69) is 5.32 Å². The van der Waals surface area contributed by atoms with Crippen LogP contribution in [0.2, 0.25) is 0 Å². The monoisotopic (exact) mass is 215 g/mol. The van der Waals surface area contributed by atoms with Crippen LogP contribution in [0.5, 0.6) is 0 Å². The highest BCUT2D eigenvalue weighted by molar-refractivity contribution is 7.99. The fourth-order valence-electron chi connectivity index (χ4n) is 1.31. The lowest BCUT2D eigenvalue weighted by Crippen LogP contribution is -2.54. The number of hydrogen-bond donors (Lipinski definition) is 2. The molecule has 0 spiro atoms. The molecular weight excluding hydrogens is 202 g/mol. The number of aliphatic carboxylic acids is 1. The minimum Gasteiger partial charge on any atom is -0.479 e. The van der Waals surface area contributed by atoms with Crippen LogP contribution in [-0.2, 0) is 9.59 Å². The summed E-state index contributed by atoms with van der Waals surface area (Å²) in [4.78, 5) is 22.2. The maximum Gasteiger partial charge on any atom is 0.330 e. The third kappa shape index (κ3) is 2.29. The van der Waals surface area contributed by atoms with Gasteiger partial charge in [0.25, 0.3) is 0 Å². The molecule has 1 atom stereocenters. The highest BCUT2D eigenvalue weighted by Crippen LogP contribution is 2.28. The van der Waals surface area contributed by atoms with E-state index < -0.39 is 11.5 Å². The smallest absolute Gasteiger partial charge is 0.330 e. The van der Waals surface area contributed by atoms with Gasteiger partial charge in [-0.3, -0.25) is 4.79 Å². The molecule has 1 saturated heterocycles. The van der Waals surface area contributed by atoms with E-state index in [0.717, 1.165) is 5.75 Å². The van der Waals surface area contributed by atoms with E-state index in [4.69, 9.17) is 5.11 Å². The van der Waals surface area contributed by atoms with Crippen molar-refractivity contribution >= 4 is 23.6 Å². The van der Waals surface area contributed by atoms with E-state index in [-0.39, 0.29) is 5.91 Å². The number of rotatable bonds is 3. The molecule has 4 nitrogen and oxygen atoms in total. The minimum atomic E-state index is -1.05. The van der Waals surface area contributed by atoms with Crippen molar-refractivity contribution in [2.75, 3.05) is 11.5 Å². The Morgan fingerprint density at radius 2 is 2.29 bits per heavy atom. The molecule has 0 aromatic carbocycles. The van der Waals surface area contributed by atoms with Crippen molar-refractivity contribution in [3.05, 3.63) is 12.2 Å². The highest BCUT2D eigenvalue weighted by Gasteiger charge is 2.42. The normalized spacial score (nSPS) is 26.6. The van der Waals surface area contributed by atoms with Crippen LogP contribution in [-0.4, -0.2) is 34.0 Å². The SMILES string of the molecule is C/C=C/C(=O)NC1(C(=O)O)CCSC1. The van der Waals surface area contributed by atoms with Gasteiger partial charge in [0.05, 0.1) is 0 Å². The van der Waals surface area contributed by atoms with Crippen molar-refractivity contribution in [3.8, 4) is 0 Å². The van der Waals surface area contributed by atoms with Gasteiger partial charge in [-0.15, -0.1) is 0 Å². The summed E-state index contributed by atoms with van der Waals surface area (Å²) >= 11 is 1.55. The number of carbonyl (C=O) groups excluding carboxylic acids is 1. The van der Waals surface area contributed by atoms with Crippen LogP contribution in [0.4, 0.5) is 0 Å². The molecule has 1 unspecified atom stereocenters. The molecule has 0 aliphatic carbocycles.